The second kappa shape index (κ2) is 7.76. The molecule has 0 spiro atoms. The molecule has 0 aliphatic heterocycles. The lowest BCUT2D eigenvalue weighted by atomic mass is 9.86. The zero-order chi connectivity index (χ0) is 14.2. The van der Waals surface area contributed by atoms with Crippen LogP contribution in [-0.2, 0) is 4.74 Å². The first-order chi connectivity index (χ1) is 9.83. The lowest BCUT2D eigenvalue weighted by Gasteiger charge is -2.27. The third-order valence-electron chi connectivity index (χ3n) is 3.65. The van der Waals surface area contributed by atoms with Crippen molar-refractivity contribution in [1.82, 2.24) is 0 Å². The number of rotatable bonds is 6. The number of nitrogens with one attached hydrogen (secondary N) is 1. The van der Waals surface area contributed by atoms with Crippen molar-refractivity contribution < 1.29 is 9.47 Å². The molecule has 1 aromatic carbocycles. The predicted molar refractivity (Wildman–Crippen MR) is 78.8 cm³/mol. The Morgan fingerprint density at radius 1 is 1.30 bits per heavy atom. The van der Waals surface area contributed by atoms with Crippen LogP contribution in [0.15, 0.2) is 24.3 Å². The summed E-state index contributed by atoms with van der Waals surface area (Å²) in [6, 6.07) is 10.7. The first-order valence-electron chi connectivity index (χ1n) is 7.20. The van der Waals surface area contributed by atoms with Crippen molar-refractivity contribution in [1.29, 1.82) is 5.26 Å². The van der Waals surface area contributed by atoms with Gasteiger partial charge in [0.05, 0.1) is 18.4 Å². The molecule has 1 N–H and O–H groups in total. The molecule has 0 aromatic heterocycles. The zero-order valence-corrected chi connectivity index (χ0v) is 12.0. The fourth-order valence-corrected chi connectivity index (χ4v) is 2.60. The molecule has 2 atom stereocenters. The smallest absolute Gasteiger partial charge is 0.142 e. The summed E-state index contributed by atoms with van der Waals surface area (Å²) in [5.74, 6) is 1.03. The summed E-state index contributed by atoms with van der Waals surface area (Å²) in [7, 11) is 1.66. The second-order valence-corrected chi connectivity index (χ2v) is 5.17. The van der Waals surface area contributed by atoms with Crippen molar-refractivity contribution >= 4 is 5.69 Å². The number of nitrogens with zero attached hydrogens (tertiary/aromatic N) is 1. The van der Waals surface area contributed by atoms with Gasteiger partial charge in [0.1, 0.15) is 12.4 Å². The van der Waals surface area contributed by atoms with Gasteiger partial charge in [0.25, 0.3) is 0 Å². The molecule has 108 valence electrons. The van der Waals surface area contributed by atoms with Crippen molar-refractivity contribution in [2.75, 3.05) is 25.6 Å². The van der Waals surface area contributed by atoms with Gasteiger partial charge in [-0.3, -0.25) is 0 Å². The Hall–Kier alpha value is -1.73. The Morgan fingerprint density at radius 2 is 2.15 bits per heavy atom. The van der Waals surface area contributed by atoms with Gasteiger partial charge in [-0.25, -0.2) is 0 Å². The number of hydrogen-bond donors (Lipinski definition) is 1. The minimum Gasteiger partial charge on any atom is -0.489 e. The van der Waals surface area contributed by atoms with Gasteiger partial charge in [0, 0.05) is 19.1 Å². The maximum atomic E-state index is 9.06. The van der Waals surface area contributed by atoms with E-state index in [0.717, 1.165) is 37.1 Å². The molecule has 0 amide bonds. The largest absolute Gasteiger partial charge is 0.489 e. The number of benzene rings is 1. The molecule has 1 fully saturated rings. The average molecular weight is 274 g/mol. The van der Waals surface area contributed by atoms with Crippen LogP contribution in [0.2, 0.25) is 0 Å². The van der Waals surface area contributed by atoms with E-state index in [4.69, 9.17) is 14.7 Å². The van der Waals surface area contributed by atoms with Crippen LogP contribution in [0, 0.1) is 17.2 Å². The van der Waals surface area contributed by atoms with Gasteiger partial charge in [-0.2, -0.15) is 5.26 Å². The average Bonchev–Trinajstić information content (AvgIpc) is 2.49. The maximum Gasteiger partial charge on any atom is 0.142 e. The lowest BCUT2D eigenvalue weighted by molar-refractivity contribution is 0.146. The SMILES string of the molecule is COCCOc1ccccc1N[C@H]1CCC[C@H](C#N)C1. The Balaban J connectivity index is 1.96. The number of methoxy groups -OCH3 is 1. The van der Waals surface area contributed by atoms with Gasteiger partial charge in [-0.05, 0) is 31.4 Å². The van der Waals surface area contributed by atoms with Crippen molar-refractivity contribution in [3.8, 4) is 11.8 Å². The van der Waals surface area contributed by atoms with E-state index < -0.39 is 0 Å². The molecule has 4 heteroatoms. The van der Waals surface area contributed by atoms with Crippen LogP contribution in [0.25, 0.3) is 0 Å². The maximum absolute atomic E-state index is 9.06. The van der Waals surface area contributed by atoms with Crippen LogP contribution in [0.5, 0.6) is 5.75 Å². The summed E-state index contributed by atoms with van der Waals surface area (Å²) < 4.78 is 10.7. The molecule has 1 aliphatic rings. The van der Waals surface area contributed by atoms with E-state index in [0.29, 0.717) is 19.3 Å². The minimum atomic E-state index is 0.183. The highest BCUT2D eigenvalue weighted by molar-refractivity contribution is 5.56. The molecule has 1 saturated carbocycles. The molecule has 1 aromatic rings. The normalized spacial score (nSPS) is 22.0. The Bertz CT molecular complexity index is 456. The number of nitriles is 1. The number of hydrogen-bond acceptors (Lipinski definition) is 4. The van der Waals surface area contributed by atoms with E-state index in [1.807, 2.05) is 24.3 Å². The van der Waals surface area contributed by atoms with E-state index in [-0.39, 0.29) is 5.92 Å². The van der Waals surface area contributed by atoms with Crippen LogP contribution in [-0.4, -0.2) is 26.4 Å². The van der Waals surface area contributed by atoms with Gasteiger partial charge < -0.3 is 14.8 Å². The summed E-state index contributed by atoms with van der Waals surface area (Å²) >= 11 is 0. The highest BCUT2D eigenvalue weighted by Crippen LogP contribution is 2.30. The van der Waals surface area contributed by atoms with E-state index >= 15 is 0 Å². The third-order valence-corrected chi connectivity index (χ3v) is 3.65. The molecule has 4 nitrogen and oxygen atoms in total. The summed E-state index contributed by atoms with van der Waals surface area (Å²) in [4.78, 5) is 0. The van der Waals surface area contributed by atoms with Gasteiger partial charge in [0.2, 0.25) is 0 Å². The molecule has 0 radical (unpaired) electrons. The van der Waals surface area contributed by atoms with Gasteiger partial charge in [0.15, 0.2) is 0 Å². The molecular formula is C16H22N2O2. The van der Waals surface area contributed by atoms with Gasteiger partial charge in [-0.1, -0.05) is 18.6 Å². The molecule has 2 rings (SSSR count). The Labute approximate surface area is 120 Å². The van der Waals surface area contributed by atoms with E-state index in [1.54, 1.807) is 7.11 Å². The van der Waals surface area contributed by atoms with Crippen molar-refractivity contribution in [2.24, 2.45) is 5.92 Å². The second-order valence-electron chi connectivity index (χ2n) is 5.17. The van der Waals surface area contributed by atoms with Crippen LogP contribution >= 0.6 is 0 Å². The monoisotopic (exact) mass is 274 g/mol. The molecular weight excluding hydrogens is 252 g/mol. The highest BCUT2D eigenvalue weighted by atomic mass is 16.5. The fourth-order valence-electron chi connectivity index (χ4n) is 2.60. The van der Waals surface area contributed by atoms with Crippen molar-refractivity contribution in [3.05, 3.63) is 24.3 Å². The first kappa shape index (κ1) is 14.7. The fraction of sp³-hybridized carbons (Fsp3) is 0.562. The lowest BCUT2D eigenvalue weighted by Crippen LogP contribution is -2.27. The molecule has 0 heterocycles. The number of anilines is 1. The van der Waals surface area contributed by atoms with Gasteiger partial charge in [-0.15, -0.1) is 0 Å². The van der Waals surface area contributed by atoms with E-state index in [9.17, 15) is 0 Å². The highest BCUT2D eigenvalue weighted by Gasteiger charge is 2.22. The molecule has 1 aliphatic carbocycles. The third kappa shape index (κ3) is 4.14. The first-order valence-corrected chi connectivity index (χ1v) is 7.20. The standard InChI is InChI=1S/C16H22N2O2/c1-19-9-10-20-16-8-3-2-7-15(16)18-14-6-4-5-13(11-14)12-17/h2-3,7-8,13-14,18H,4-6,9-11H2,1H3/t13-,14-/m0/s1. The summed E-state index contributed by atoms with van der Waals surface area (Å²) in [5, 5.41) is 12.6. The van der Waals surface area contributed by atoms with Crippen LogP contribution < -0.4 is 10.1 Å². The van der Waals surface area contributed by atoms with Crippen LogP contribution in [0.4, 0.5) is 5.69 Å². The summed E-state index contributed by atoms with van der Waals surface area (Å²) in [5.41, 5.74) is 1.01. The minimum absolute atomic E-state index is 0.183. The molecule has 0 saturated heterocycles. The summed E-state index contributed by atoms with van der Waals surface area (Å²) in [6.07, 6.45) is 4.18. The van der Waals surface area contributed by atoms with E-state index in [1.165, 1.54) is 0 Å². The van der Waals surface area contributed by atoms with E-state index in [2.05, 4.69) is 11.4 Å². The molecule has 0 bridgehead atoms. The quantitative estimate of drug-likeness (QED) is 0.809. The van der Waals surface area contributed by atoms with Crippen molar-refractivity contribution in [2.45, 2.75) is 31.7 Å². The summed E-state index contributed by atoms with van der Waals surface area (Å²) in [6.45, 7) is 1.12. The zero-order valence-electron chi connectivity index (χ0n) is 12.0. The van der Waals surface area contributed by atoms with Gasteiger partial charge >= 0.3 is 0 Å². The van der Waals surface area contributed by atoms with Crippen molar-refractivity contribution in [3.63, 3.8) is 0 Å². The topological polar surface area (TPSA) is 54.3 Å². The molecule has 0 unspecified atom stereocenters. The number of para-hydroxylation sites is 2. The number of ether oxygens (including phenoxy) is 2. The Morgan fingerprint density at radius 3 is 2.95 bits per heavy atom. The Kier molecular flexibility index (Phi) is 5.69. The van der Waals surface area contributed by atoms with Crippen LogP contribution in [0.3, 0.4) is 0 Å². The molecule has 20 heavy (non-hydrogen) atoms. The van der Waals surface area contributed by atoms with Crippen LogP contribution in [0.1, 0.15) is 25.7 Å². The predicted octanol–water partition coefficient (Wildman–Crippen LogP) is 3.21.